The number of rotatable bonds is 5. The van der Waals surface area contributed by atoms with Gasteiger partial charge in [0, 0.05) is 12.7 Å². The largest absolute Gasteiger partial charge is 0.455 e. The van der Waals surface area contributed by atoms with Crippen LogP contribution < -0.4 is 10.1 Å². The molecule has 0 aliphatic carbocycles. The summed E-state index contributed by atoms with van der Waals surface area (Å²) in [6.07, 6.45) is 1.77. The van der Waals surface area contributed by atoms with Crippen LogP contribution in [0.3, 0.4) is 0 Å². The van der Waals surface area contributed by atoms with E-state index < -0.39 is 0 Å². The summed E-state index contributed by atoms with van der Waals surface area (Å²) >= 11 is 0. The third-order valence-corrected chi connectivity index (χ3v) is 3.07. The van der Waals surface area contributed by atoms with Crippen molar-refractivity contribution in [3.05, 3.63) is 53.3 Å². The number of aryl methyl sites for hydroxylation is 2. The lowest BCUT2D eigenvalue weighted by Gasteiger charge is -2.11. The molecule has 1 aromatic carbocycles. The van der Waals surface area contributed by atoms with Crippen LogP contribution in [0.5, 0.6) is 11.5 Å². The zero-order valence-corrected chi connectivity index (χ0v) is 11.7. The number of benzene rings is 1. The minimum atomic E-state index is 0.807. The predicted octanol–water partition coefficient (Wildman–Crippen LogP) is 3.60. The van der Waals surface area contributed by atoms with Crippen molar-refractivity contribution >= 4 is 0 Å². The summed E-state index contributed by atoms with van der Waals surface area (Å²) < 4.78 is 5.87. The van der Waals surface area contributed by atoms with Crippen molar-refractivity contribution in [3.8, 4) is 11.5 Å². The van der Waals surface area contributed by atoms with Gasteiger partial charge in [0.25, 0.3) is 0 Å². The Balaban J connectivity index is 2.14. The topological polar surface area (TPSA) is 34.1 Å². The Morgan fingerprint density at radius 1 is 1.21 bits per heavy atom. The quantitative estimate of drug-likeness (QED) is 0.887. The number of hydrogen-bond acceptors (Lipinski definition) is 3. The lowest BCUT2D eigenvalue weighted by atomic mass is 10.1. The van der Waals surface area contributed by atoms with Crippen molar-refractivity contribution in [3.63, 3.8) is 0 Å². The van der Waals surface area contributed by atoms with E-state index in [2.05, 4.69) is 36.3 Å². The van der Waals surface area contributed by atoms with Gasteiger partial charge in [-0.05, 0) is 55.8 Å². The summed E-state index contributed by atoms with van der Waals surface area (Å²) in [4.78, 5) is 4.22. The summed E-state index contributed by atoms with van der Waals surface area (Å²) in [6, 6.07) is 10.0. The Morgan fingerprint density at radius 2 is 2.05 bits per heavy atom. The molecule has 0 unspecified atom stereocenters. The van der Waals surface area contributed by atoms with Crippen LogP contribution in [0.1, 0.15) is 23.7 Å². The second-order valence-electron chi connectivity index (χ2n) is 4.56. The zero-order valence-electron chi connectivity index (χ0n) is 11.7. The monoisotopic (exact) mass is 256 g/mol. The Kier molecular flexibility index (Phi) is 4.53. The molecule has 2 rings (SSSR count). The normalized spacial score (nSPS) is 10.5. The number of ether oxygens (including phenoxy) is 1. The van der Waals surface area contributed by atoms with E-state index in [0.717, 1.165) is 30.3 Å². The van der Waals surface area contributed by atoms with E-state index in [0.29, 0.717) is 0 Å². The molecule has 0 amide bonds. The van der Waals surface area contributed by atoms with Crippen LogP contribution >= 0.6 is 0 Å². The number of nitrogens with zero attached hydrogens (tertiary/aromatic N) is 1. The molecule has 0 fully saturated rings. The van der Waals surface area contributed by atoms with Gasteiger partial charge in [-0.25, -0.2) is 0 Å². The molecule has 100 valence electrons. The summed E-state index contributed by atoms with van der Waals surface area (Å²) in [5.41, 5.74) is 3.44. The predicted molar refractivity (Wildman–Crippen MR) is 77.6 cm³/mol. The molecular formula is C16H20N2O. The van der Waals surface area contributed by atoms with E-state index in [-0.39, 0.29) is 0 Å². The zero-order chi connectivity index (χ0) is 13.7. The Labute approximate surface area is 114 Å². The fourth-order valence-corrected chi connectivity index (χ4v) is 1.89. The number of aromatic nitrogens is 1. The molecule has 3 nitrogen and oxygen atoms in total. The van der Waals surface area contributed by atoms with Gasteiger partial charge >= 0.3 is 0 Å². The first kappa shape index (κ1) is 13.6. The molecule has 0 saturated heterocycles. The van der Waals surface area contributed by atoms with Crippen molar-refractivity contribution in [2.45, 2.75) is 27.3 Å². The van der Waals surface area contributed by atoms with Gasteiger partial charge < -0.3 is 10.1 Å². The first-order valence-corrected chi connectivity index (χ1v) is 6.60. The molecular weight excluding hydrogens is 236 g/mol. The van der Waals surface area contributed by atoms with Crippen LogP contribution in [0.15, 0.2) is 36.5 Å². The molecule has 0 saturated carbocycles. The third kappa shape index (κ3) is 3.55. The molecule has 1 N–H and O–H groups in total. The van der Waals surface area contributed by atoms with Gasteiger partial charge in [0.2, 0.25) is 0 Å². The van der Waals surface area contributed by atoms with E-state index in [1.165, 1.54) is 11.1 Å². The van der Waals surface area contributed by atoms with Crippen LogP contribution in [0.4, 0.5) is 0 Å². The molecule has 0 aliphatic rings. The van der Waals surface area contributed by atoms with Gasteiger partial charge in [-0.15, -0.1) is 0 Å². The maximum Gasteiger partial charge on any atom is 0.148 e. The lowest BCUT2D eigenvalue weighted by molar-refractivity contribution is 0.475. The molecule has 0 spiro atoms. The molecule has 19 heavy (non-hydrogen) atoms. The minimum Gasteiger partial charge on any atom is -0.455 e. The molecule has 0 radical (unpaired) electrons. The van der Waals surface area contributed by atoms with E-state index in [4.69, 9.17) is 4.74 Å². The van der Waals surface area contributed by atoms with Crippen LogP contribution in [0.25, 0.3) is 0 Å². The fourth-order valence-electron chi connectivity index (χ4n) is 1.89. The number of nitrogens with one attached hydrogen (secondary N) is 1. The highest BCUT2D eigenvalue weighted by molar-refractivity contribution is 5.38. The summed E-state index contributed by atoms with van der Waals surface area (Å²) in [5.74, 6) is 1.66. The lowest BCUT2D eigenvalue weighted by Crippen LogP contribution is -2.12. The van der Waals surface area contributed by atoms with Crippen molar-refractivity contribution in [1.29, 1.82) is 0 Å². The van der Waals surface area contributed by atoms with Crippen LogP contribution in [0.2, 0.25) is 0 Å². The smallest absolute Gasteiger partial charge is 0.148 e. The van der Waals surface area contributed by atoms with Crippen molar-refractivity contribution in [1.82, 2.24) is 10.3 Å². The third-order valence-electron chi connectivity index (χ3n) is 3.07. The van der Waals surface area contributed by atoms with Gasteiger partial charge in [0.15, 0.2) is 0 Å². The van der Waals surface area contributed by atoms with Crippen molar-refractivity contribution < 1.29 is 4.74 Å². The second-order valence-corrected chi connectivity index (χ2v) is 4.56. The van der Waals surface area contributed by atoms with Gasteiger partial charge in [0.05, 0.1) is 5.69 Å². The second kappa shape index (κ2) is 6.34. The highest BCUT2D eigenvalue weighted by Gasteiger charge is 2.04. The van der Waals surface area contributed by atoms with E-state index in [1.807, 2.05) is 25.1 Å². The number of pyridine rings is 1. The van der Waals surface area contributed by atoms with Crippen LogP contribution in [-0.4, -0.2) is 11.5 Å². The van der Waals surface area contributed by atoms with E-state index in [9.17, 15) is 0 Å². The summed E-state index contributed by atoms with van der Waals surface area (Å²) in [6.45, 7) is 8.04. The minimum absolute atomic E-state index is 0.807. The molecule has 0 atom stereocenters. The molecule has 1 heterocycles. The van der Waals surface area contributed by atoms with Gasteiger partial charge in [-0.3, -0.25) is 4.98 Å². The maximum atomic E-state index is 5.87. The molecule has 2 aromatic rings. The number of hydrogen-bond donors (Lipinski definition) is 1. The summed E-state index contributed by atoms with van der Waals surface area (Å²) in [7, 11) is 0. The van der Waals surface area contributed by atoms with E-state index in [1.54, 1.807) is 6.20 Å². The highest BCUT2D eigenvalue weighted by Crippen LogP contribution is 2.25. The average Bonchev–Trinajstić information content (AvgIpc) is 2.40. The van der Waals surface area contributed by atoms with Crippen LogP contribution in [-0.2, 0) is 6.54 Å². The Hall–Kier alpha value is -1.87. The maximum absolute atomic E-state index is 5.87. The van der Waals surface area contributed by atoms with Gasteiger partial charge in [-0.1, -0.05) is 13.0 Å². The summed E-state index contributed by atoms with van der Waals surface area (Å²) in [5, 5.41) is 3.33. The average molecular weight is 256 g/mol. The molecule has 1 aromatic heterocycles. The SMILES string of the molecule is CCNCc1ccc(Oc2cccnc2C)cc1C. The van der Waals surface area contributed by atoms with Crippen molar-refractivity contribution in [2.75, 3.05) is 6.54 Å². The highest BCUT2D eigenvalue weighted by atomic mass is 16.5. The molecule has 0 aliphatic heterocycles. The van der Waals surface area contributed by atoms with Gasteiger partial charge in [0.1, 0.15) is 11.5 Å². The van der Waals surface area contributed by atoms with Gasteiger partial charge in [-0.2, -0.15) is 0 Å². The van der Waals surface area contributed by atoms with Crippen molar-refractivity contribution in [2.24, 2.45) is 0 Å². The Morgan fingerprint density at radius 3 is 2.74 bits per heavy atom. The molecule has 3 heteroatoms. The Bertz CT molecular complexity index is 552. The molecule has 0 bridgehead atoms. The van der Waals surface area contributed by atoms with E-state index >= 15 is 0 Å². The van der Waals surface area contributed by atoms with Crippen LogP contribution in [0, 0.1) is 13.8 Å². The first-order chi connectivity index (χ1) is 9.20. The standard InChI is InChI=1S/C16H20N2O/c1-4-17-11-14-7-8-15(10-12(14)2)19-16-6-5-9-18-13(16)3/h5-10,17H,4,11H2,1-3H3. The fraction of sp³-hybridized carbons (Fsp3) is 0.312. The first-order valence-electron chi connectivity index (χ1n) is 6.60.